The molecule has 4 atom stereocenters. The number of imidazole rings is 1. The van der Waals surface area contributed by atoms with E-state index >= 15 is 0 Å². The highest BCUT2D eigenvalue weighted by Gasteiger charge is 2.41. The van der Waals surface area contributed by atoms with Crippen molar-refractivity contribution in [3.05, 3.63) is 114 Å². The summed E-state index contributed by atoms with van der Waals surface area (Å²) in [5.74, 6) is 0.470. The van der Waals surface area contributed by atoms with Gasteiger partial charge < -0.3 is 50.0 Å². The molecule has 4 aliphatic heterocycles. The molecule has 348 valence electrons. The van der Waals surface area contributed by atoms with E-state index in [4.69, 9.17) is 14.5 Å². The minimum Gasteiger partial charge on any atom is -0.378 e. The lowest BCUT2D eigenvalue weighted by Gasteiger charge is -2.33. The number of likely N-dealkylation sites (tertiary alicyclic amines) is 2. The molecule has 0 unspecified atom stereocenters. The number of aromatic nitrogens is 2. The van der Waals surface area contributed by atoms with Gasteiger partial charge in [-0.2, -0.15) is 0 Å². The number of H-pyrrole nitrogens is 1. The Morgan fingerprint density at radius 3 is 1.79 bits per heavy atom. The van der Waals surface area contributed by atoms with Gasteiger partial charge in [-0.25, -0.2) is 14.6 Å². The molecule has 5 fully saturated rings. The molecule has 3 aromatic carbocycles. The maximum Gasteiger partial charge on any atom is 0.318 e. The van der Waals surface area contributed by atoms with Gasteiger partial charge in [0.15, 0.2) is 0 Å². The van der Waals surface area contributed by atoms with E-state index in [2.05, 4.69) is 45.2 Å². The van der Waals surface area contributed by atoms with E-state index in [1.165, 1.54) is 5.56 Å². The van der Waals surface area contributed by atoms with E-state index in [0.29, 0.717) is 90.0 Å². The maximum atomic E-state index is 14.4. The molecule has 4 N–H and O–H groups in total. The van der Waals surface area contributed by atoms with Gasteiger partial charge in [0, 0.05) is 45.3 Å². The van der Waals surface area contributed by atoms with Crippen molar-refractivity contribution in [3.63, 3.8) is 0 Å². The first kappa shape index (κ1) is 44.9. The number of carbonyl (C=O) groups excluding carboxylic acids is 5. The molecule has 1 aromatic heterocycles. The zero-order valence-electron chi connectivity index (χ0n) is 37.4. The molecule has 0 radical (unpaired) electrons. The lowest BCUT2D eigenvalue weighted by molar-refractivity contribution is -0.140. The van der Waals surface area contributed by atoms with Gasteiger partial charge in [-0.3, -0.25) is 14.4 Å². The van der Waals surface area contributed by atoms with Crippen molar-refractivity contribution < 1.29 is 33.4 Å². The second-order valence-corrected chi connectivity index (χ2v) is 18.0. The summed E-state index contributed by atoms with van der Waals surface area (Å²) in [5.41, 5.74) is 4.53. The fourth-order valence-electron chi connectivity index (χ4n) is 10.3. The third kappa shape index (κ3) is 10.2. The normalized spacial score (nSPS) is 23.2. The van der Waals surface area contributed by atoms with Gasteiger partial charge in [0.1, 0.15) is 23.9 Å². The summed E-state index contributed by atoms with van der Waals surface area (Å²) in [4.78, 5) is 84.3. The van der Waals surface area contributed by atoms with Crippen molar-refractivity contribution in [1.29, 1.82) is 0 Å². The number of nitrogens with zero attached hydrogens (tertiary/aromatic N) is 5. The smallest absolute Gasteiger partial charge is 0.318 e. The Morgan fingerprint density at radius 2 is 1.18 bits per heavy atom. The van der Waals surface area contributed by atoms with Crippen molar-refractivity contribution in [1.82, 2.24) is 45.5 Å². The number of carbonyl (C=O) groups is 5. The van der Waals surface area contributed by atoms with E-state index < -0.39 is 18.1 Å². The largest absolute Gasteiger partial charge is 0.378 e. The zero-order chi connectivity index (χ0) is 45.4. The number of hydrogen-bond donors (Lipinski definition) is 4. The van der Waals surface area contributed by atoms with Gasteiger partial charge in [0.2, 0.25) is 11.8 Å². The Hall–Kier alpha value is -6.26. The second kappa shape index (κ2) is 20.9. The van der Waals surface area contributed by atoms with Crippen LogP contribution in [0.5, 0.6) is 0 Å². The minimum atomic E-state index is -0.907. The predicted octanol–water partition coefficient (Wildman–Crippen LogP) is 5.44. The Balaban J connectivity index is 0.808. The van der Waals surface area contributed by atoms with Gasteiger partial charge in [0.05, 0.1) is 44.4 Å². The molecular weight excluding hydrogens is 839 g/mol. The van der Waals surface area contributed by atoms with Crippen molar-refractivity contribution >= 4 is 29.8 Å². The number of hydrogen-bond acceptors (Lipinski definition) is 8. The van der Waals surface area contributed by atoms with Crippen LogP contribution in [0.1, 0.15) is 97.9 Å². The second-order valence-electron chi connectivity index (χ2n) is 18.0. The Labute approximate surface area is 385 Å². The van der Waals surface area contributed by atoms with E-state index in [-0.39, 0.29) is 41.9 Å². The Kier molecular flexibility index (Phi) is 14.2. The quantitative estimate of drug-likeness (QED) is 0.154. The first-order valence-electron chi connectivity index (χ1n) is 23.7. The number of amides is 7. The highest BCUT2D eigenvalue weighted by Crippen LogP contribution is 2.37. The molecular formula is C50H61N9O7. The van der Waals surface area contributed by atoms with Crippen LogP contribution in [0.3, 0.4) is 0 Å². The van der Waals surface area contributed by atoms with Crippen LogP contribution >= 0.6 is 0 Å². The summed E-state index contributed by atoms with van der Waals surface area (Å²) in [6.07, 6.45) is 8.16. The number of nitrogens with one attached hydrogen (secondary N) is 4. The number of rotatable bonds is 11. The molecule has 0 spiro atoms. The zero-order valence-corrected chi connectivity index (χ0v) is 37.4. The summed E-state index contributed by atoms with van der Waals surface area (Å²) in [7, 11) is 0. The number of benzene rings is 3. The molecule has 7 amide bonds. The Morgan fingerprint density at radius 1 is 0.621 bits per heavy atom. The predicted molar refractivity (Wildman–Crippen MR) is 246 cm³/mol. The first-order chi connectivity index (χ1) is 32.3. The fraction of sp³-hybridized carbons (Fsp3) is 0.480. The van der Waals surface area contributed by atoms with Gasteiger partial charge in [0.25, 0.3) is 5.91 Å². The molecule has 4 aromatic rings. The molecule has 16 nitrogen and oxygen atoms in total. The number of ether oxygens (including phenoxy) is 2. The molecule has 16 heteroatoms. The third-order valence-corrected chi connectivity index (χ3v) is 13.9. The number of urea groups is 2. The van der Waals surface area contributed by atoms with Gasteiger partial charge in [-0.1, -0.05) is 78.9 Å². The van der Waals surface area contributed by atoms with Gasteiger partial charge >= 0.3 is 12.1 Å². The highest BCUT2D eigenvalue weighted by molar-refractivity contribution is 5.93. The van der Waals surface area contributed by atoms with E-state index in [0.717, 1.165) is 61.2 Å². The molecule has 5 heterocycles. The van der Waals surface area contributed by atoms with Crippen molar-refractivity contribution in [2.75, 3.05) is 65.7 Å². The topological polar surface area (TPSA) is 182 Å². The van der Waals surface area contributed by atoms with Crippen LogP contribution in [0, 0.1) is 0 Å². The maximum absolute atomic E-state index is 14.4. The first-order valence-corrected chi connectivity index (χ1v) is 23.7. The Bertz CT molecular complexity index is 2310. The number of morpholine rings is 2. The molecule has 9 rings (SSSR count). The lowest BCUT2D eigenvalue weighted by Crippen LogP contribution is -2.54. The monoisotopic (exact) mass is 899 g/mol. The van der Waals surface area contributed by atoms with E-state index in [1.807, 2.05) is 71.8 Å². The third-order valence-electron chi connectivity index (χ3n) is 13.9. The summed E-state index contributed by atoms with van der Waals surface area (Å²) < 4.78 is 10.8. The fourth-order valence-corrected chi connectivity index (χ4v) is 10.3. The summed E-state index contributed by atoms with van der Waals surface area (Å²) >= 11 is 0. The van der Waals surface area contributed by atoms with Gasteiger partial charge in [-0.05, 0) is 85.6 Å². The van der Waals surface area contributed by atoms with Gasteiger partial charge in [-0.15, -0.1) is 0 Å². The van der Waals surface area contributed by atoms with Crippen LogP contribution in [0.2, 0.25) is 0 Å². The molecule has 66 heavy (non-hydrogen) atoms. The molecule has 1 saturated carbocycles. The summed E-state index contributed by atoms with van der Waals surface area (Å²) in [6.45, 7) is 4.74. The van der Waals surface area contributed by atoms with E-state index in [9.17, 15) is 24.0 Å². The van der Waals surface area contributed by atoms with E-state index in [1.54, 1.807) is 14.7 Å². The average Bonchev–Trinajstić information content (AvgIpc) is 4.18. The van der Waals surface area contributed by atoms with Crippen LogP contribution in [-0.4, -0.2) is 137 Å². The van der Waals surface area contributed by atoms with Crippen LogP contribution in [-0.2, 0) is 23.9 Å². The molecule has 4 saturated heterocycles. The summed E-state index contributed by atoms with van der Waals surface area (Å²) in [6, 6.07) is 24.0. The molecule has 1 aliphatic carbocycles. The minimum absolute atomic E-state index is 0.00170. The average molecular weight is 900 g/mol. The summed E-state index contributed by atoms with van der Waals surface area (Å²) in [5, 5.41) is 9.30. The van der Waals surface area contributed by atoms with Crippen LogP contribution < -0.4 is 16.0 Å². The number of aromatic amines is 1. The molecule has 5 aliphatic rings. The van der Waals surface area contributed by atoms with Crippen LogP contribution in [0.4, 0.5) is 9.59 Å². The van der Waals surface area contributed by atoms with Crippen molar-refractivity contribution in [3.8, 4) is 11.3 Å². The highest BCUT2D eigenvalue weighted by atomic mass is 16.5. The van der Waals surface area contributed by atoms with Crippen LogP contribution in [0.15, 0.2) is 91.1 Å². The SMILES string of the molecule is O=C(N[C@H]1CC[C@@H](c2cccc(-c3cnc([C@@H]4CCCN4C(=O)[C@H](NC(=O)N4CCOCC4)c4ccccc4)[nH]3)c2)CC1)[C@@H]1CCCN1C(=O)[C@H](NC(=O)N1CCOCC1)c1ccccc1. The molecule has 0 bridgehead atoms. The van der Waals surface area contributed by atoms with Crippen LogP contribution in [0.25, 0.3) is 11.3 Å². The standard InChI is InChI=1S/C50H61N9O7/c60-46(42-17-9-23-59(42)48(62)44(36-12-5-2-6-13-36)55-50(64)57-26-30-66-31-27-57)52-39-20-18-34(19-21-39)37-14-7-15-38(32-37)40-33-51-45(53-40)41-16-8-22-58(41)47(61)43(35-10-3-1-4-11-35)54-49(63)56-24-28-65-29-25-56/h1-7,10-15,32-34,39,41-44H,8-9,16-31H2,(H,51,53)(H,52,60)(H,54,63)(H,55,64)/t34-,39+,41-,42-,43+,44+/m0/s1. The lowest BCUT2D eigenvalue weighted by atomic mass is 9.81. The van der Waals surface area contributed by atoms with Crippen molar-refractivity contribution in [2.24, 2.45) is 0 Å². The van der Waals surface area contributed by atoms with Crippen molar-refractivity contribution in [2.45, 2.75) is 87.5 Å².